The minimum absolute atomic E-state index is 0.150. The molecule has 2 aromatic rings. The SMILES string of the molecule is Nc1cc2c(=O)[nH]cnc2cc1N(CC(F)(F)F)C1CC1. The van der Waals surface area contributed by atoms with Gasteiger partial charge >= 0.3 is 6.18 Å². The zero-order valence-electron chi connectivity index (χ0n) is 10.9. The Bertz CT molecular complexity index is 736. The second kappa shape index (κ2) is 4.64. The number of hydrogen-bond donors (Lipinski definition) is 2. The molecule has 1 aliphatic rings. The van der Waals surface area contributed by atoms with Crippen LogP contribution < -0.4 is 16.2 Å². The summed E-state index contributed by atoms with van der Waals surface area (Å²) in [6, 6.07) is 2.67. The molecule has 0 saturated heterocycles. The summed E-state index contributed by atoms with van der Waals surface area (Å²) in [6.45, 7) is -1.06. The Morgan fingerprint density at radius 2 is 2.10 bits per heavy atom. The van der Waals surface area contributed by atoms with Crippen LogP contribution in [0.25, 0.3) is 10.9 Å². The zero-order chi connectivity index (χ0) is 15.2. The van der Waals surface area contributed by atoms with Crippen LogP contribution in [-0.4, -0.2) is 28.7 Å². The van der Waals surface area contributed by atoms with Crippen molar-refractivity contribution < 1.29 is 13.2 Å². The van der Waals surface area contributed by atoms with Crippen molar-refractivity contribution in [3.05, 3.63) is 28.8 Å². The fraction of sp³-hybridized carbons (Fsp3) is 0.385. The largest absolute Gasteiger partial charge is 0.405 e. The van der Waals surface area contributed by atoms with Crippen molar-refractivity contribution in [3.63, 3.8) is 0 Å². The van der Waals surface area contributed by atoms with E-state index in [1.165, 1.54) is 23.4 Å². The van der Waals surface area contributed by atoms with E-state index in [1.807, 2.05) is 0 Å². The summed E-state index contributed by atoms with van der Waals surface area (Å²) in [6.07, 6.45) is -1.69. The van der Waals surface area contributed by atoms with Crippen molar-refractivity contribution in [1.82, 2.24) is 9.97 Å². The van der Waals surface area contributed by atoms with Crippen molar-refractivity contribution in [2.24, 2.45) is 0 Å². The fourth-order valence-corrected chi connectivity index (χ4v) is 2.36. The highest BCUT2D eigenvalue weighted by atomic mass is 19.4. The monoisotopic (exact) mass is 298 g/mol. The first kappa shape index (κ1) is 13.7. The van der Waals surface area contributed by atoms with Crippen molar-refractivity contribution in [3.8, 4) is 0 Å². The van der Waals surface area contributed by atoms with Gasteiger partial charge in [-0.3, -0.25) is 4.79 Å². The lowest BCUT2D eigenvalue weighted by Crippen LogP contribution is -2.36. The van der Waals surface area contributed by atoms with Crippen LogP contribution in [0.3, 0.4) is 0 Å². The molecule has 1 heterocycles. The molecular weight excluding hydrogens is 285 g/mol. The summed E-state index contributed by atoms with van der Waals surface area (Å²) in [5.74, 6) is 0. The number of benzene rings is 1. The predicted octanol–water partition coefficient (Wildman–Crippen LogP) is 2.04. The maximum Gasteiger partial charge on any atom is 0.405 e. The molecule has 1 aliphatic carbocycles. The second-order valence-electron chi connectivity index (χ2n) is 5.13. The molecule has 0 amide bonds. The highest BCUT2D eigenvalue weighted by molar-refractivity contribution is 5.88. The molecule has 21 heavy (non-hydrogen) atoms. The van der Waals surface area contributed by atoms with Crippen molar-refractivity contribution >= 4 is 22.3 Å². The van der Waals surface area contributed by atoms with Gasteiger partial charge in [-0.05, 0) is 25.0 Å². The van der Waals surface area contributed by atoms with Crippen LogP contribution in [0.5, 0.6) is 0 Å². The molecule has 0 aliphatic heterocycles. The van der Waals surface area contributed by atoms with E-state index in [-0.39, 0.29) is 28.4 Å². The number of hydrogen-bond acceptors (Lipinski definition) is 4. The van der Waals surface area contributed by atoms with E-state index in [1.54, 1.807) is 0 Å². The summed E-state index contributed by atoms with van der Waals surface area (Å²) in [5, 5.41) is 0.265. The first-order valence-corrected chi connectivity index (χ1v) is 6.45. The molecule has 112 valence electrons. The van der Waals surface area contributed by atoms with Crippen LogP contribution in [0.2, 0.25) is 0 Å². The second-order valence-corrected chi connectivity index (χ2v) is 5.13. The molecule has 0 radical (unpaired) electrons. The van der Waals surface area contributed by atoms with Crippen LogP contribution in [-0.2, 0) is 0 Å². The Balaban J connectivity index is 2.09. The summed E-state index contributed by atoms with van der Waals surface area (Å²) >= 11 is 0. The van der Waals surface area contributed by atoms with Crippen LogP contribution in [0.4, 0.5) is 24.5 Å². The van der Waals surface area contributed by atoms with Crippen molar-refractivity contribution in [1.29, 1.82) is 0 Å². The highest BCUT2D eigenvalue weighted by Crippen LogP contribution is 2.38. The molecule has 1 aromatic carbocycles. The van der Waals surface area contributed by atoms with Gasteiger partial charge in [-0.25, -0.2) is 4.98 Å². The lowest BCUT2D eigenvalue weighted by molar-refractivity contribution is -0.119. The molecule has 0 bridgehead atoms. The number of nitrogen functional groups attached to an aromatic ring is 1. The third-order valence-corrected chi connectivity index (χ3v) is 3.44. The van der Waals surface area contributed by atoms with Crippen LogP contribution in [0.15, 0.2) is 23.3 Å². The van der Waals surface area contributed by atoms with E-state index < -0.39 is 12.7 Å². The molecule has 5 nitrogen and oxygen atoms in total. The summed E-state index contributed by atoms with van der Waals surface area (Å²) < 4.78 is 38.2. The number of alkyl halides is 3. The van der Waals surface area contributed by atoms with Gasteiger partial charge in [0.25, 0.3) is 5.56 Å². The lowest BCUT2D eigenvalue weighted by atomic mass is 10.1. The zero-order valence-corrected chi connectivity index (χ0v) is 10.9. The minimum Gasteiger partial charge on any atom is -0.397 e. The number of anilines is 2. The van der Waals surface area contributed by atoms with Crippen LogP contribution in [0.1, 0.15) is 12.8 Å². The van der Waals surface area contributed by atoms with E-state index >= 15 is 0 Å². The van der Waals surface area contributed by atoms with Gasteiger partial charge in [0.15, 0.2) is 0 Å². The average molecular weight is 298 g/mol. The first-order chi connectivity index (χ1) is 9.85. The lowest BCUT2D eigenvalue weighted by Gasteiger charge is -2.27. The molecular formula is C13H13F3N4O. The number of aromatic amines is 1. The van der Waals surface area contributed by atoms with Gasteiger partial charge in [0.1, 0.15) is 6.54 Å². The third-order valence-electron chi connectivity index (χ3n) is 3.44. The molecule has 0 atom stereocenters. The highest BCUT2D eigenvalue weighted by Gasteiger charge is 2.39. The van der Waals surface area contributed by atoms with E-state index in [2.05, 4.69) is 9.97 Å². The molecule has 8 heteroatoms. The van der Waals surface area contributed by atoms with Crippen molar-refractivity contribution in [2.75, 3.05) is 17.2 Å². The quantitative estimate of drug-likeness (QED) is 0.850. The molecule has 3 rings (SSSR count). The van der Waals surface area contributed by atoms with E-state index in [9.17, 15) is 18.0 Å². The summed E-state index contributed by atoms with van der Waals surface area (Å²) in [4.78, 5) is 19.3. The number of nitrogens with two attached hydrogens (primary N) is 1. The number of fused-ring (bicyclic) bond motifs is 1. The van der Waals surface area contributed by atoms with E-state index in [0.717, 1.165) is 0 Å². The Labute approximate surface area is 117 Å². The Morgan fingerprint density at radius 1 is 1.38 bits per heavy atom. The Hall–Kier alpha value is -2.25. The van der Waals surface area contributed by atoms with E-state index in [4.69, 9.17) is 5.73 Å². The smallest absolute Gasteiger partial charge is 0.397 e. The van der Waals surface area contributed by atoms with Crippen LogP contribution >= 0.6 is 0 Å². The third kappa shape index (κ3) is 2.79. The molecule has 1 fully saturated rings. The maximum absolute atomic E-state index is 12.7. The van der Waals surface area contributed by atoms with E-state index in [0.29, 0.717) is 18.4 Å². The molecule has 3 N–H and O–H groups in total. The molecule has 1 saturated carbocycles. The standard InChI is InChI=1S/C13H13F3N4O/c14-13(15,16)5-20(7-1-2-7)11-4-10-8(3-9(11)17)12(21)19-6-18-10/h3-4,6-7H,1-2,5,17H2,(H,18,19,21). The maximum atomic E-state index is 12.7. The number of nitrogens with zero attached hydrogens (tertiary/aromatic N) is 2. The molecule has 1 aromatic heterocycles. The average Bonchev–Trinajstić information content (AvgIpc) is 3.20. The first-order valence-electron chi connectivity index (χ1n) is 6.45. The summed E-state index contributed by atoms with van der Waals surface area (Å²) in [7, 11) is 0. The fourth-order valence-electron chi connectivity index (χ4n) is 2.36. The molecule has 0 unspecified atom stereocenters. The normalized spacial score (nSPS) is 15.4. The van der Waals surface area contributed by atoms with Crippen molar-refractivity contribution in [2.45, 2.75) is 25.1 Å². The minimum atomic E-state index is -4.31. The van der Waals surface area contributed by atoms with Gasteiger partial charge in [-0.15, -0.1) is 0 Å². The summed E-state index contributed by atoms with van der Waals surface area (Å²) in [5.41, 5.74) is 6.24. The van der Waals surface area contributed by atoms with Gasteiger partial charge < -0.3 is 15.6 Å². The van der Waals surface area contributed by atoms with Gasteiger partial charge in [-0.1, -0.05) is 0 Å². The number of nitrogens with one attached hydrogen (secondary N) is 1. The number of halogens is 3. The topological polar surface area (TPSA) is 75.0 Å². The number of rotatable bonds is 3. The number of H-pyrrole nitrogens is 1. The molecule has 0 spiro atoms. The Kier molecular flexibility index (Phi) is 3.03. The predicted molar refractivity (Wildman–Crippen MR) is 73.2 cm³/mol. The Morgan fingerprint density at radius 3 is 2.71 bits per heavy atom. The number of aromatic nitrogens is 2. The van der Waals surface area contributed by atoms with Gasteiger partial charge in [-0.2, -0.15) is 13.2 Å². The van der Waals surface area contributed by atoms with Gasteiger partial charge in [0, 0.05) is 6.04 Å². The van der Waals surface area contributed by atoms with Crippen LogP contribution in [0, 0.1) is 0 Å². The van der Waals surface area contributed by atoms with Gasteiger partial charge in [0.2, 0.25) is 0 Å². The van der Waals surface area contributed by atoms with Gasteiger partial charge in [0.05, 0.1) is 28.6 Å².